The van der Waals surface area contributed by atoms with Crippen molar-refractivity contribution in [3.63, 3.8) is 0 Å². The summed E-state index contributed by atoms with van der Waals surface area (Å²) in [7, 11) is 0. The van der Waals surface area contributed by atoms with E-state index in [9.17, 15) is 0 Å². The first kappa shape index (κ1) is 26.3. The molecule has 1 heterocycles. The third-order valence-corrected chi connectivity index (χ3v) is 7.41. The Morgan fingerprint density at radius 3 is 2.29 bits per heavy atom. The molecule has 0 saturated heterocycles. The molecule has 5 aromatic rings. The molecule has 0 N–H and O–H groups in total. The lowest BCUT2D eigenvalue weighted by Gasteiger charge is -2.11. The van der Waals surface area contributed by atoms with Crippen LogP contribution in [0.15, 0.2) is 97.1 Å². The van der Waals surface area contributed by atoms with Gasteiger partial charge >= 0.3 is 0 Å². The van der Waals surface area contributed by atoms with Crippen LogP contribution in [-0.4, -0.2) is 25.2 Å². The molecular weight excluding hydrogens is 560 g/mol. The fourth-order valence-electron chi connectivity index (χ4n) is 4.06. The van der Waals surface area contributed by atoms with Gasteiger partial charge in [0.15, 0.2) is 5.75 Å². The van der Waals surface area contributed by atoms with Gasteiger partial charge in [0, 0.05) is 15.4 Å². The van der Waals surface area contributed by atoms with Gasteiger partial charge in [-0.15, -0.1) is 11.3 Å². The number of hydrogen-bond donors (Lipinski definition) is 0. The van der Waals surface area contributed by atoms with E-state index in [1.807, 2.05) is 48.5 Å². The largest absolute Gasteiger partial charge is 0.491 e. The second-order valence-electron chi connectivity index (χ2n) is 8.79. The Morgan fingerprint density at radius 2 is 1.50 bits per heavy atom. The zero-order valence-corrected chi connectivity index (χ0v) is 23.6. The number of thiophene rings is 1. The summed E-state index contributed by atoms with van der Waals surface area (Å²) in [6, 6.07) is 32.7. The Kier molecular flexibility index (Phi) is 8.97. The number of alkyl halides is 1. The maximum atomic E-state index is 6.52. The third kappa shape index (κ3) is 6.76. The highest BCUT2D eigenvalue weighted by Gasteiger charge is 2.17. The number of halogens is 1. The molecule has 0 unspecified atom stereocenters. The molecule has 0 bridgehead atoms. The van der Waals surface area contributed by atoms with E-state index in [2.05, 4.69) is 71.4 Å². The number of benzene rings is 4. The molecule has 4 nitrogen and oxygen atoms in total. The van der Waals surface area contributed by atoms with Gasteiger partial charge in [-0.2, -0.15) is 0 Å². The molecule has 0 aliphatic heterocycles. The molecule has 0 amide bonds. The van der Waals surface area contributed by atoms with Crippen LogP contribution in [0.5, 0.6) is 23.0 Å². The van der Waals surface area contributed by atoms with Crippen molar-refractivity contribution in [3.05, 3.63) is 108 Å². The van der Waals surface area contributed by atoms with E-state index < -0.39 is 0 Å². The lowest BCUT2D eigenvalue weighted by atomic mass is 10.1. The third-order valence-electron chi connectivity index (χ3n) is 5.91. The molecule has 194 valence electrons. The van der Waals surface area contributed by atoms with Gasteiger partial charge in [0.05, 0.1) is 18.1 Å². The van der Waals surface area contributed by atoms with Gasteiger partial charge in [-0.05, 0) is 60.5 Å². The topological polar surface area (TPSA) is 36.9 Å². The quantitative estimate of drug-likeness (QED) is 0.108. The van der Waals surface area contributed by atoms with Crippen LogP contribution < -0.4 is 14.2 Å². The molecule has 6 heteroatoms. The normalized spacial score (nSPS) is 11.0. The molecule has 4 aromatic carbocycles. The van der Waals surface area contributed by atoms with Crippen molar-refractivity contribution in [1.82, 2.24) is 0 Å². The Morgan fingerprint density at radius 1 is 0.711 bits per heavy atom. The highest BCUT2D eigenvalue weighted by Crippen LogP contribution is 2.47. The van der Waals surface area contributed by atoms with Crippen molar-refractivity contribution in [3.8, 4) is 33.4 Å². The molecule has 0 radical (unpaired) electrons. The van der Waals surface area contributed by atoms with Crippen LogP contribution in [-0.2, 0) is 11.3 Å². The van der Waals surface area contributed by atoms with Crippen LogP contribution in [0.3, 0.4) is 0 Å². The fraction of sp³-hybridized carbons (Fsp3) is 0.188. The van der Waals surface area contributed by atoms with Gasteiger partial charge < -0.3 is 18.9 Å². The minimum Gasteiger partial charge on any atom is -0.491 e. The van der Waals surface area contributed by atoms with E-state index in [1.165, 1.54) is 5.56 Å². The summed E-state index contributed by atoms with van der Waals surface area (Å²) < 4.78 is 25.0. The van der Waals surface area contributed by atoms with E-state index >= 15 is 0 Å². The number of hydrogen-bond acceptors (Lipinski definition) is 5. The average molecular weight is 590 g/mol. The lowest BCUT2D eigenvalue weighted by molar-refractivity contribution is 0.112. The van der Waals surface area contributed by atoms with E-state index in [0.717, 1.165) is 54.4 Å². The minimum absolute atomic E-state index is 0.508. The van der Waals surface area contributed by atoms with Crippen molar-refractivity contribution >= 4 is 37.4 Å². The van der Waals surface area contributed by atoms with Crippen LogP contribution in [0.2, 0.25) is 0 Å². The van der Waals surface area contributed by atoms with Crippen LogP contribution in [0.4, 0.5) is 0 Å². The second-order valence-corrected chi connectivity index (χ2v) is 10.6. The summed E-state index contributed by atoms with van der Waals surface area (Å²) in [5.74, 6) is 3.23. The van der Waals surface area contributed by atoms with Crippen molar-refractivity contribution in [1.29, 1.82) is 0 Å². The fourth-order valence-corrected chi connectivity index (χ4v) is 5.44. The molecule has 0 aliphatic rings. The van der Waals surface area contributed by atoms with Crippen LogP contribution in [0, 0.1) is 6.92 Å². The Bertz CT molecular complexity index is 1460. The summed E-state index contributed by atoms with van der Waals surface area (Å²) in [5, 5.41) is 1.88. The first-order valence-corrected chi connectivity index (χ1v) is 14.5. The van der Waals surface area contributed by atoms with Gasteiger partial charge in [-0.1, -0.05) is 76.1 Å². The van der Waals surface area contributed by atoms with Crippen molar-refractivity contribution in [2.45, 2.75) is 13.5 Å². The highest BCUT2D eigenvalue weighted by molar-refractivity contribution is 9.09. The second kappa shape index (κ2) is 13.0. The number of aryl methyl sites for hydroxylation is 1. The number of ether oxygens (including phenoxy) is 4. The predicted octanol–water partition coefficient (Wildman–Crippen LogP) is 9.04. The van der Waals surface area contributed by atoms with Crippen molar-refractivity contribution in [2.75, 3.05) is 25.2 Å². The van der Waals surface area contributed by atoms with E-state index in [4.69, 9.17) is 18.9 Å². The van der Waals surface area contributed by atoms with E-state index in [-0.39, 0.29) is 0 Å². The van der Waals surface area contributed by atoms with Gasteiger partial charge in [-0.3, -0.25) is 0 Å². The molecule has 0 atom stereocenters. The first-order chi connectivity index (χ1) is 18.7. The molecular formula is C32H29BrO4S. The van der Waals surface area contributed by atoms with Gasteiger partial charge in [0.2, 0.25) is 0 Å². The average Bonchev–Trinajstić information content (AvgIpc) is 3.30. The molecule has 38 heavy (non-hydrogen) atoms. The molecule has 0 saturated carbocycles. The smallest absolute Gasteiger partial charge is 0.153 e. The Labute approximate surface area is 235 Å². The summed E-state index contributed by atoms with van der Waals surface area (Å²) in [6.07, 6.45) is 0. The van der Waals surface area contributed by atoms with Crippen LogP contribution in [0.25, 0.3) is 20.5 Å². The highest BCUT2D eigenvalue weighted by atomic mass is 79.9. The van der Waals surface area contributed by atoms with E-state index in [1.54, 1.807) is 11.3 Å². The predicted molar refractivity (Wildman–Crippen MR) is 159 cm³/mol. The molecule has 0 fully saturated rings. The van der Waals surface area contributed by atoms with Crippen molar-refractivity contribution < 1.29 is 18.9 Å². The number of rotatable bonds is 12. The minimum atomic E-state index is 0.508. The van der Waals surface area contributed by atoms with E-state index in [0.29, 0.717) is 26.4 Å². The Hall–Kier alpha value is -3.32. The van der Waals surface area contributed by atoms with Gasteiger partial charge in [-0.25, -0.2) is 0 Å². The van der Waals surface area contributed by atoms with Gasteiger partial charge in [0.25, 0.3) is 0 Å². The summed E-state index contributed by atoms with van der Waals surface area (Å²) >= 11 is 5.07. The Balaban J connectivity index is 1.39. The number of fused-ring (bicyclic) bond motifs is 1. The standard InChI is InChI=1S/C32H29BrO4S/c1-23-6-5-9-25(20-23)32-31(37-27-12-10-26(11-13-27)35-19-18-34-17-16-33)29-15-14-28(21-30(29)38-32)36-22-24-7-3-2-4-8-24/h2-15,20-21H,16-19,22H2,1H3. The monoisotopic (exact) mass is 588 g/mol. The zero-order valence-electron chi connectivity index (χ0n) is 21.2. The SMILES string of the molecule is Cc1cccc(-c2sc3cc(OCc4ccccc4)ccc3c2Oc2ccc(OCCOCCBr)cc2)c1. The summed E-state index contributed by atoms with van der Waals surface area (Å²) in [5.41, 5.74) is 3.48. The molecule has 0 aliphatic carbocycles. The zero-order chi connectivity index (χ0) is 26.2. The molecule has 5 rings (SSSR count). The van der Waals surface area contributed by atoms with Crippen LogP contribution in [0.1, 0.15) is 11.1 Å². The van der Waals surface area contributed by atoms with Gasteiger partial charge in [0.1, 0.15) is 30.5 Å². The maximum Gasteiger partial charge on any atom is 0.153 e. The lowest BCUT2D eigenvalue weighted by Crippen LogP contribution is -2.07. The molecule has 1 aromatic heterocycles. The summed E-state index contributed by atoms with van der Waals surface area (Å²) in [6.45, 7) is 4.38. The first-order valence-electron chi connectivity index (χ1n) is 12.5. The van der Waals surface area contributed by atoms with Crippen molar-refractivity contribution in [2.24, 2.45) is 0 Å². The summed E-state index contributed by atoms with van der Waals surface area (Å²) in [4.78, 5) is 1.09. The molecule has 0 spiro atoms. The van der Waals surface area contributed by atoms with Crippen LogP contribution >= 0.6 is 27.3 Å². The maximum absolute atomic E-state index is 6.52.